The molecule has 2 heterocycles. The summed E-state index contributed by atoms with van der Waals surface area (Å²) < 4.78 is 12.3. The van der Waals surface area contributed by atoms with E-state index in [0.29, 0.717) is 26.3 Å². The average Bonchev–Trinajstić information content (AvgIpc) is 2.79. The number of anilines is 1. The van der Waals surface area contributed by atoms with Crippen LogP contribution in [0.3, 0.4) is 0 Å². The van der Waals surface area contributed by atoms with Crippen LogP contribution in [0, 0.1) is 6.92 Å². The molecule has 1 aliphatic rings. The van der Waals surface area contributed by atoms with Crippen molar-refractivity contribution < 1.29 is 24.2 Å². The number of nitrogens with one attached hydrogen (secondary N) is 1. The Balaban J connectivity index is 2.20. The zero-order valence-electron chi connectivity index (χ0n) is 16.0. The summed E-state index contributed by atoms with van der Waals surface area (Å²) in [5, 5.41) is 16.4. The third-order valence-corrected chi connectivity index (χ3v) is 4.02. The first-order chi connectivity index (χ1) is 12.1. The van der Waals surface area contributed by atoms with Gasteiger partial charge in [0.1, 0.15) is 17.5 Å². The second-order valence-electron chi connectivity index (χ2n) is 7.35. The van der Waals surface area contributed by atoms with E-state index in [1.807, 2.05) is 14.0 Å². The van der Waals surface area contributed by atoms with Gasteiger partial charge in [-0.25, -0.2) is 9.59 Å². The number of rotatable bonds is 5. The molecule has 1 saturated heterocycles. The molecule has 1 aromatic rings. The Hall–Kier alpha value is -2.29. The third-order valence-electron chi connectivity index (χ3n) is 4.02. The van der Waals surface area contributed by atoms with Crippen molar-refractivity contribution in [3.05, 3.63) is 11.3 Å². The lowest BCUT2D eigenvalue weighted by Gasteiger charge is -2.30. The number of amides is 1. The summed E-state index contributed by atoms with van der Waals surface area (Å²) >= 11 is 0. The van der Waals surface area contributed by atoms with Crippen LogP contribution in [0.25, 0.3) is 0 Å². The van der Waals surface area contributed by atoms with Crippen molar-refractivity contribution >= 4 is 17.9 Å². The first-order valence-corrected chi connectivity index (χ1v) is 8.66. The highest BCUT2D eigenvalue weighted by molar-refractivity contribution is 5.80. The van der Waals surface area contributed by atoms with Crippen molar-refractivity contribution in [2.45, 2.75) is 45.8 Å². The van der Waals surface area contributed by atoms with Gasteiger partial charge in [-0.2, -0.15) is 5.10 Å². The summed E-state index contributed by atoms with van der Waals surface area (Å²) in [4.78, 5) is 25.8. The number of hydrogen-bond donors (Lipinski definition) is 2. The van der Waals surface area contributed by atoms with Gasteiger partial charge < -0.3 is 24.8 Å². The van der Waals surface area contributed by atoms with Crippen molar-refractivity contribution in [3.8, 4) is 0 Å². The number of carbonyl (C=O) groups excluding carboxylic acids is 1. The van der Waals surface area contributed by atoms with Gasteiger partial charge in [0.25, 0.3) is 0 Å². The van der Waals surface area contributed by atoms with Crippen LogP contribution in [0.2, 0.25) is 0 Å². The predicted octanol–water partition coefficient (Wildman–Crippen LogP) is 1.09. The molecule has 1 unspecified atom stereocenters. The van der Waals surface area contributed by atoms with Gasteiger partial charge in [-0.15, -0.1) is 0 Å². The summed E-state index contributed by atoms with van der Waals surface area (Å²) in [6.45, 7) is 9.67. The topological polar surface area (TPSA) is 106 Å². The van der Waals surface area contributed by atoms with E-state index in [2.05, 4.69) is 15.3 Å². The van der Waals surface area contributed by atoms with Crippen LogP contribution in [0.1, 0.15) is 32.0 Å². The summed E-state index contributed by atoms with van der Waals surface area (Å²) in [6, 6.07) is -1.10. The van der Waals surface area contributed by atoms with Gasteiger partial charge in [0, 0.05) is 32.1 Å². The van der Waals surface area contributed by atoms with Crippen molar-refractivity contribution in [2.24, 2.45) is 7.05 Å². The number of carboxylic acid groups (broad SMARTS) is 1. The number of morpholine rings is 1. The number of carboxylic acids is 1. The van der Waals surface area contributed by atoms with Crippen LogP contribution >= 0.6 is 0 Å². The lowest BCUT2D eigenvalue weighted by atomic mass is 10.1. The minimum absolute atomic E-state index is 0.126. The summed E-state index contributed by atoms with van der Waals surface area (Å²) in [5.41, 5.74) is 0.847. The van der Waals surface area contributed by atoms with E-state index in [0.717, 1.165) is 17.1 Å². The van der Waals surface area contributed by atoms with Gasteiger partial charge in [-0.3, -0.25) is 4.68 Å². The van der Waals surface area contributed by atoms with Gasteiger partial charge in [-0.1, -0.05) is 0 Å². The standard InChI is InChI=1S/C17H28N4O5/c1-11-12(14(20(5)19-11)21-6-8-25-9-7-21)10-13(15(22)23)18-16(24)26-17(2,3)4/h13H,6-10H2,1-5H3,(H,18,24)(H,22,23). The Bertz CT molecular complexity index is 659. The number of aromatic nitrogens is 2. The SMILES string of the molecule is Cc1nn(C)c(N2CCOCC2)c1CC(NC(=O)OC(C)(C)C)C(=O)O. The number of hydrogen-bond acceptors (Lipinski definition) is 6. The van der Waals surface area contributed by atoms with Gasteiger partial charge >= 0.3 is 12.1 Å². The molecule has 0 bridgehead atoms. The normalized spacial score (nSPS) is 16.3. The zero-order valence-corrected chi connectivity index (χ0v) is 16.0. The fourth-order valence-electron chi connectivity index (χ4n) is 2.95. The molecule has 0 radical (unpaired) electrons. The lowest BCUT2D eigenvalue weighted by molar-refractivity contribution is -0.139. The Morgan fingerprint density at radius 3 is 2.50 bits per heavy atom. The molecule has 0 aromatic carbocycles. The Morgan fingerprint density at radius 2 is 1.96 bits per heavy atom. The average molecular weight is 368 g/mol. The highest BCUT2D eigenvalue weighted by atomic mass is 16.6. The van der Waals surface area contributed by atoms with E-state index in [-0.39, 0.29) is 6.42 Å². The summed E-state index contributed by atoms with van der Waals surface area (Å²) in [6.07, 6.45) is -0.625. The predicted molar refractivity (Wildman–Crippen MR) is 95.5 cm³/mol. The molecule has 1 aromatic heterocycles. The molecule has 1 amide bonds. The molecule has 146 valence electrons. The number of aryl methyl sites for hydroxylation is 2. The number of ether oxygens (including phenoxy) is 2. The van der Waals surface area contributed by atoms with Crippen molar-refractivity contribution in [1.29, 1.82) is 0 Å². The summed E-state index contributed by atoms with van der Waals surface area (Å²) in [5.74, 6) is -0.255. The first kappa shape index (κ1) is 20.0. The molecular weight excluding hydrogens is 340 g/mol. The molecule has 1 aliphatic heterocycles. The van der Waals surface area contributed by atoms with Crippen molar-refractivity contribution in [1.82, 2.24) is 15.1 Å². The van der Waals surface area contributed by atoms with Crippen LogP contribution in [0.5, 0.6) is 0 Å². The van der Waals surface area contributed by atoms with Crippen LogP contribution in [0.4, 0.5) is 10.6 Å². The van der Waals surface area contributed by atoms with Crippen molar-refractivity contribution in [3.63, 3.8) is 0 Å². The molecule has 9 heteroatoms. The van der Waals surface area contributed by atoms with E-state index in [9.17, 15) is 14.7 Å². The molecular formula is C17H28N4O5. The molecule has 9 nitrogen and oxygen atoms in total. The number of alkyl carbamates (subject to hydrolysis) is 1. The number of aliphatic carboxylic acids is 1. The quantitative estimate of drug-likeness (QED) is 0.801. The first-order valence-electron chi connectivity index (χ1n) is 8.66. The molecule has 0 aliphatic carbocycles. The summed E-state index contributed by atoms with van der Waals surface area (Å²) in [7, 11) is 1.83. The molecule has 1 fully saturated rings. The molecule has 2 N–H and O–H groups in total. The maximum atomic E-state index is 12.0. The second kappa shape index (κ2) is 7.94. The smallest absolute Gasteiger partial charge is 0.408 e. The minimum atomic E-state index is -1.12. The van der Waals surface area contributed by atoms with Crippen LogP contribution in [-0.4, -0.2) is 64.9 Å². The maximum absolute atomic E-state index is 12.0. The Labute approximate surface area is 153 Å². The van der Waals surface area contributed by atoms with Crippen molar-refractivity contribution in [2.75, 3.05) is 31.2 Å². The monoisotopic (exact) mass is 368 g/mol. The highest BCUT2D eigenvalue weighted by Crippen LogP contribution is 2.25. The van der Waals surface area contributed by atoms with E-state index < -0.39 is 23.7 Å². The molecule has 2 rings (SSSR count). The largest absolute Gasteiger partial charge is 0.480 e. The minimum Gasteiger partial charge on any atom is -0.480 e. The van der Waals surface area contributed by atoms with E-state index in [1.165, 1.54) is 0 Å². The van der Waals surface area contributed by atoms with E-state index in [4.69, 9.17) is 9.47 Å². The van der Waals surface area contributed by atoms with E-state index in [1.54, 1.807) is 25.5 Å². The van der Waals surface area contributed by atoms with Gasteiger partial charge in [-0.05, 0) is 27.7 Å². The van der Waals surface area contributed by atoms with Crippen LogP contribution in [0.15, 0.2) is 0 Å². The Kier molecular flexibility index (Phi) is 6.12. The number of carbonyl (C=O) groups is 2. The molecule has 0 spiro atoms. The maximum Gasteiger partial charge on any atom is 0.408 e. The van der Waals surface area contributed by atoms with Gasteiger partial charge in [0.2, 0.25) is 0 Å². The zero-order chi connectivity index (χ0) is 19.5. The third kappa shape index (κ3) is 5.10. The molecule has 26 heavy (non-hydrogen) atoms. The second-order valence-corrected chi connectivity index (χ2v) is 7.35. The molecule has 1 atom stereocenters. The Morgan fingerprint density at radius 1 is 1.35 bits per heavy atom. The molecule has 0 saturated carbocycles. The van der Waals surface area contributed by atoms with Crippen LogP contribution in [-0.2, 0) is 27.7 Å². The highest BCUT2D eigenvalue weighted by Gasteiger charge is 2.29. The fourth-order valence-corrected chi connectivity index (χ4v) is 2.95. The number of nitrogens with zero attached hydrogens (tertiary/aromatic N) is 3. The fraction of sp³-hybridized carbons (Fsp3) is 0.706. The van der Waals surface area contributed by atoms with Gasteiger partial charge in [0.15, 0.2) is 0 Å². The lowest BCUT2D eigenvalue weighted by Crippen LogP contribution is -2.45. The van der Waals surface area contributed by atoms with E-state index >= 15 is 0 Å². The van der Waals surface area contributed by atoms with Gasteiger partial charge in [0.05, 0.1) is 18.9 Å². The van der Waals surface area contributed by atoms with Crippen LogP contribution < -0.4 is 10.2 Å².